The Morgan fingerprint density at radius 3 is 2.69 bits per heavy atom. The van der Waals surface area contributed by atoms with Crippen LogP contribution in [0, 0.1) is 5.92 Å². The maximum absolute atomic E-state index is 12.2. The molecule has 1 amide bonds. The minimum atomic E-state index is -0.728. The van der Waals surface area contributed by atoms with Crippen LogP contribution >= 0.6 is 0 Å². The Hall–Kier alpha value is -3.02. The van der Waals surface area contributed by atoms with Crippen LogP contribution in [0.15, 0.2) is 53.6 Å². The van der Waals surface area contributed by atoms with E-state index in [1.807, 2.05) is 36.4 Å². The van der Waals surface area contributed by atoms with E-state index >= 15 is 0 Å². The molecular weight excluding hydrogens is 332 g/mol. The average Bonchev–Trinajstić information content (AvgIpc) is 2.67. The third kappa shape index (κ3) is 4.75. The van der Waals surface area contributed by atoms with Gasteiger partial charge in [0.25, 0.3) is 5.91 Å². The van der Waals surface area contributed by atoms with Crippen molar-refractivity contribution in [2.24, 2.45) is 11.0 Å². The van der Waals surface area contributed by atoms with Crippen molar-refractivity contribution in [1.29, 1.82) is 0 Å². The van der Waals surface area contributed by atoms with Gasteiger partial charge in [0.05, 0.1) is 12.8 Å². The van der Waals surface area contributed by atoms with Crippen LogP contribution in [-0.2, 0) is 4.79 Å². The van der Waals surface area contributed by atoms with Crippen molar-refractivity contribution in [3.8, 4) is 17.2 Å². The Morgan fingerprint density at radius 1 is 1.23 bits per heavy atom. The van der Waals surface area contributed by atoms with Gasteiger partial charge in [0.1, 0.15) is 12.4 Å². The summed E-state index contributed by atoms with van der Waals surface area (Å²) in [6, 6.07) is 14.8. The monoisotopic (exact) mass is 354 g/mol. The predicted octanol–water partition coefficient (Wildman–Crippen LogP) is 3.01. The molecule has 0 spiro atoms. The number of hydrogen-bond donors (Lipinski definition) is 1. The van der Waals surface area contributed by atoms with E-state index in [2.05, 4.69) is 24.4 Å². The predicted molar refractivity (Wildman–Crippen MR) is 98.9 cm³/mol. The average molecular weight is 354 g/mol. The van der Waals surface area contributed by atoms with Gasteiger partial charge in [-0.2, -0.15) is 5.10 Å². The molecule has 0 bridgehead atoms. The van der Waals surface area contributed by atoms with E-state index in [-0.39, 0.29) is 12.5 Å². The molecular formula is C20H22N2O4. The van der Waals surface area contributed by atoms with E-state index in [0.29, 0.717) is 24.0 Å². The highest BCUT2D eigenvalue weighted by Gasteiger charge is 2.26. The summed E-state index contributed by atoms with van der Waals surface area (Å²) in [5.74, 6) is 2.13. The van der Waals surface area contributed by atoms with Gasteiger partial charge in [0, 0.05) is 0 Å². The quantitative estimate of drug-likeness (QED) is 0.639. The van der Waals surface area contributed by atoms with Gasteiger partial charge in [-0.1, -0.05) is 26.0 Å². The smallest absolute Gasteiger partial charge is 0.284 e. The number of rotatable bonds is 6. The second kappa shape index (κ2) is 8.38. The fourth-order valence-corrected chi connectivity index (χ4v) is 2.30. The molecule has 0 saturated heterocycles. The molecule has 2 aromatic carbocycles. The summed E-state index contributed by atoms with van der Waals surface area (Å²) in [5, 5.41) is 3.98. The molecule has 2 aromatic rings. The lowest BCUT2D eigenvalue weighted by molar-refractivity contribution is -0.130. The first-order valence-corrected chi connectivity index (χ1v) is 8.56. The molecule has 1 aliphatic rings. The minimum absolute atomic E-state index is 0.153. The highest BCUT2D eigenvalue weighted by Crippen LogP contribution is 2.30. The van der Waals surface area contributed by atoms with Crippen LogP contribution in [-0.4, -0.2) is 31.4 Å². The van der Waals surface area contributed by atoms with Crippen molar-refractivity contribution in [3.05, 3.63) is 54.1 Å². The fourth-order valence-electron chi connectivity index (χ4n) is 2.30. The Morgan fingerprint density at radius 2 is 1.96 bits per heavy atom. The van der Waals surface area contributed by atoms with E-state index < -0.39 is 6.10 Å². The lowest BCUT2D eigenvalue weighted by atomic mass is 10.2. The number of nitrogens with zero attached hydrogens (tertiary/aromatic N) is 1. The van der Waals surface area contributed by atoms with Crippen LogP contribution in [0.4, 0.5) is 0 Å². The second-order valence-corrected chi connectivity index (χ2v) is 6.37. The van der Waals surface area contributed by atoms with Gasteiger partial charge in [-0.3, -0.25) is 4.79 Å². The van der Waals surface area contributed by atoms with Crippen molar-refractivity contribution in [3.63, 3.8) is 0 Å². The molecule has 1 N–H and O–H groups in total. The van der Waals surface area contributed by atoms with Gasteiger partial charge < -0.3 is 14.2 Å². The number of hydrogen-bond acceptors (Lipinski definition) is 5. The number of para-hydroxylation sites is 2. The van der Waals surface area contributed by atoms with Crippen LogP contribution in [0.3, 0.4) is 0 Å². The third-order valence-electron chi connectivity index (χ3n) is 3.65. The van der Waals surface area contributed by atoms with E-state index in [0.717, 1.165) is 11.3 Å². The molecule has 6 nitrogen and oxygen atoms in total. The number of amides is 1. The molecule has 1 heterocycles. The van der Waals surface area contributed by atoms with E-state index in [1.165, 1.54) is 0 Å². The van der Waals surface area contributed by atoms with Gasteiger partial charge in [-0.05, 0) is 47.9 Å². The van der Waals surface area contributed by atoms with Crippen molar-refractivity contribution >= 4 is 12.1 Å². The number of carbonyl (C=O) groups excluding carboxylic acids is 1. The Labute approximate surface area is 152 Å². The summed E-state index contributed by atoms with van der Waals surface area (Å²) in [6.07, 6.45) is 0.843. The van der Waals surface area contributed by atoms with Crippen molar-refractivity contribution in [2.75, 3.05) is 13.2 Å². The first-order valence-electron chi connectivity index (χ1n) is 8.56. The highest BCUT2D eigenvalue weighted by atomic mass is 16.6. The fraction of sp³-hybridized carbons (Fsp3) is 0.300. The number of carbonyl (C=O) groups is 1. The Bertz CT molecular complexity index is 772. The zero-order chi connectivity index (χ0) is 18.4. The molecule has 0 aliphatic carbocycles. The van der Waals surface area contributed by atoms with E-state index in [4.69, 9.17) is 14.2 Å². The van der Waals surface area contributed by atoms with Crippen molar-refractivity contribution in [2.45, 2.75) is 20.0 Å². The highest BCUT2D eigenvalue weighted by molar-refractivity contribution is 5.85. The molecule has 1 aliphatic heterocycles. The molecule has 0 saturated carbocycles. The Balaban J connectivity index is 1.50. The molecule has 6 heteroatoms. The maximum atomic E-state index is 12.2. The Kier molecular flexibility index (Phi) is 5.73. The number of nitrogens with one attached hydrogen (secondary N) is 1. The largest absolute Gasteiger partial charge is 0.493 e. The van der Waals surface area contributed by atoms with Gasteiger partial charge >= 0.3 is 0 Å². The summed E-state index contributed by atoms with van der Waals surface area (Å²) in [5.41, 5.74) is 3.34. The lowest BCUT2D eigenvalue weighted by Gasteiger charge is -2.24. The summed E-state index contributed by atoms with van der Waals surface area (Å²) >= 11 is 0. The van der Waals surface area contributed by atoms with Gasteiger partial charge in [0.2, 0.25) is 6.10 Å². The number of fused-ring (bicyclic) bond motifs is 1. The third-order valence-corrected chi connectivity index (χ3v) is 3.65. The topological polar surface area (TPSA) is 69.2 Å². The minimum Gasteiger partial charge on any atom is -0.493 e. The van der Waals surface area contributed by atoms with Gasteiger partial charge in [0.15, 0.2) is 11.5 Å². The molecule has 136 valence electrons. The van der Waals surface area contributed by atoms with Gasteiger partial charge in [-0.15, -0.1) is 0 Å². The van der Waals surface area contributed by atoms with E-state index in [9.17, 15) is 4.79 Å². The lowest BCUT2D eigenvalue weighted by Crippen LogP contribution is -2.42. The molecule has 0 aromatic heterocycles. The first kappa shape index (κ1) is 17.8. The van der Waals surface area contributed by atoms with Crippen LogP contribution in [0.2, 0.25) is 0 Å². The van der Waals surface area contributed by atoms with Crippen LogP contribution in [0.5, 0.6) is 17.2 Å². The van der Waals surface area contributed by atoms with Crippen LogP contribution in [0.25, 0.3) is 0 Å². The normalized spacial score (nSPS) is 15.9. The SMILES string of the molecule is CC(C)COc1ccc(/C=N\NC(=O)[C@@H]2COc3ccccc3O2)cc1. The molecule has 0 radical (unpaired) electrons. The molecule has 3 rings (SSSR count). The van der Waals surface area contributed by atoms with Crippen molar-refractivity contribution < 1.29 is 19.0 Å². The number of ether oxygens (including phenoxy) is 3. The summed E-state index contributed by atoms with van der Waals surface area (Å²) in [4.78, 5) is 12.2. The molecule has 1 atom stereocenters. The van der Waals surface area contributed by atoms with E-state index in [1.54, 1.807) is 18.3 Å². The van der Waals surface area contributed by atoms with Gasteiger partial charge in [-0.25, -0.2) is 5.43 Å². The standard InChI is InChI=1S/C20H22N2O4/c1-14(2)12-24-16-9-7-15(8-10-16)11-21-22-20(23)19-13-25-17-5-3-4-6-18(17)26-19/h3-11,14,19H,12-13H2,1-2H3,(H,22,23)/b21-11-/t19-/m0/s1. The molecule has 0 fully saturated rings. The number of benzene rings is 2. The van der Waals surface area contributed by atoms with Crippen molar-refractivity contribution in [1.82, 2.24) is 5.43 Å². The first-order chi connectivity index (χ1) is 12.6. The second-order valence-electron chi connectivity index (χ2n) is 6.37. The zero-order valence-electron chi connectivity index (χ0n) is 14.8. The maximum Gasteiger partial charge on any atom is 0.284 e. The summed E-state index contributed by atoms with van der Waals surface area (Å²) < 4.78 is 16.8. The van der Waals surface area contributed by atoms with Crippen LogP contribution in [0.1, 0.15) is 19.4 Å². The zero-order valence-corrected chi connectivity index (χ0v) is 14.8. The summed E-state index contributed by atoms with van der Waals surface area (Å²) in [6.45, 7) is 5.03. The molecule has 0 unspecified atom stereocenters. The van der Waals surface area contributed by atoms with Crippen LogP contribution < -0.4 is 19.6 Å². The molecule has 26 heavy (non-hydrogen) atoms. The summed E-state index contributed by atoms with van der Waals surface area (Å²) in [7, 11) is 0. The number of hydrazone groups is 1.